The number of rotatable bonds is 10. The summed E-state index contributed by atoms with van der Waals surface area (Å²) in [6, 6.07) is 5.80. The number of non-ortho nitro benzene ring substituents is 1. The first-order valence-electron chi connectivity index (χ1n) is 7.24. The van der Waals surface area contributed by atoms with E-state index in [2.05, 4.69) is 0 Å². The summed E-state index contributed by atoms with van der Waals surface area (Å²) >= 11 is 0. The second kappa shape index (κ2) is 9.73. The molecule has 0 bridgehead atoms. The van der Waals surface area contributed by atoms with Crippen molar-refractivity contribution in [2.75, 3.05) is 13.2 Å². The molecule has 7 heteroatoms. The molecule has 0 aromatic heterocycles. The van der Waals surface area contributed by atoms with Crippen LogP contribution in [-0.2, 0) is 9.53 Å². The molecule has 0 amide bonds. The lowest BCUT2D eigenvalue weighted by Gasteiger charge is -2.11. The van der Waals surface area contributed by atoms with Gasteiger partial charge < -0.3 is 14.6 Å². The predicted molar refractivity (Wildman–Crippen MR) is 79.7 cm³/mol. The molecule has 0 radical (unpaired) electrons. The standard InChI is InChI=1S/C15H21NO6/c1-2-4-15(18)22-11-13(17)5-3-10-21-14-8-6-12(7-9-14)16(19)20/h6-9,13,17H,2-5,10-11H2,1H3. The Labute approximate surface area is 129 Å². The quantitative estimate of drug-likeness (QED) is 0.308. The van der Waals surface area contributed by atoms with Crippen molar-refractivity contribution in [3.8, 4) is 5.75 Å². The van der Waals surface area contributed by atoms with Gasteiger partial charge in [-0.1, -0.05) is 6.92 Å². The molecule has 122 valence electrons. The van der Waals surface area contributed by atoms with Crippen molar-refractivity contribution in [1.29, 1.82) is 0 Å². The molecular weight excluding hydrogens is 290 g/mol. The van der Waals surface area contributed by atoms with Crippen LogP contribution >= 0.6 is 0 Å². The van der Waals surface area contributed by atoms with Crippen LogP contribution in [0.4, 0.5) is 5.69 Å². The molecule has 1 aromatic carbocycles. The number of ether oxygens (including phenoxy) is 2. The summed E-state index contributed by atoms with van der Waals surface area (Å²) in [6.45, 7) is 2.25. The number of nitrogens with zero attached hydrogens (tertiary/aromatic N) is 1. The Balaban J connectivity index is 2.16. The summed E-state index contributed by atoms with van der Waals surface area (Å²) in [7, 11) is 0. The van der Waals surface area contributed by atoms with E-state index < -0.39 is 11.0 Å². The number of nitro benzene ring substituents is 1. The molecule has 1 N–H and O–H groups in total. The molecule has 0 fully saturated rings. The Morgan fingerprint density at radius 3 is 2.64 bits per heavy atom. The molecule has 7 nitrogen and oxygen atoms in total. The number of hydrogen-bond acceptors (Lipinski definition) is 6. The Morgan fingerprint density at radius 2 is 2.05 bits per heavy atom. The van der Waals surface area contributed by atoms with E-state index in [1.165, 1.54) is 24.3 Å². The number of hydrogen-bond donors (Lipinski definition) is 1. The van der Waals surface area contributed by atoms with E-state index in [0.717, 1.165) is 6.42 Å². The van der Waals surface area contributed by atoms with Gasteiger partial charge in [0.05, 0.1) is 17.6 Å². The van der Waals surface area contributed by atoms with Gasteiger partial charge in [0, 0.05) is 18.6 Å². The van der Waals surface area contributed by atoms with Gasteiger partial charge >= 0.3 is 5.97 Å². The van der Waals surface area contributed by atoms with E-state index in [4.69, 9.17) is 9.47 Å². The van der Waals surface area contributed by atoms with Gasteiger partial charge in [-0.25, -0.2) is 0 Å². The Morgan fingerprint density at radius 1 is 1.36 bits per heavy atom. The largest absolute Gasteiger partial charge is 0.494 e. The lowest BCUT2D eigenvalue weighted by molar-refractivity contribution is -0.384. The van der Waals surface area contributed by atoms with E-state index >= 15 is 0 Å². The summed E-state index contributed by atoms with van der Waals surface area (Å²) in [6.07, 6.45) is 1.41. The lowest BCUT2D eigenvalue weighted by atomic mass is 10.2. The van der Waals surface area contributed by atoms with Crippen LogP contribution in [-0.4, -0.2) is 35.3 Å². The summed E-state index contributed by atoms with van der Waals surface area (Å²) in [5.41, 5.74) is 0.0108. The number of aliphatic hydroxyl groups excluding tert-OH is 1. The molecule has 1 atom stereocenters. The zero-order chi connectivity index (χ0) is 16.4. The first-order chi connectivity index (χ1) is 10.5. The van der Waals surface area contributed by atoms with Gasteiger partial charge in [0.2, 0.25) is 0 Å². The molecule has 0 aliphatic carbocycles. The minimum absolute atomic E-state index is 0.00361. The molecular formula is C15H21NO6. The Hall–Kier alpha value is -2.15. The number of benzene rings is 1. The minimum Gasteiger partial charge on any atom is -0.494 e. The van der Waals surface area contributed by atoms with Crippen molar-refractivity contribution in [1.82, 2.24) is 0 Å². The highest BCUT2D eigenvalue weighted by molar-refractivity contribution is 5.69. The number of esters is 1. The number of aliphatic hydroxyl groups is 1. The second-order valence-electron chi connectivity index (χ2n) is 4.83. The molecule has 0 aliphatic heterocycles. The summed E-state index contributed by atoms with van der Waals surface area (Å²) in [5, 5.41) is 20.2. The van der Waals surface area contributed by atoms with Gasteiger partial charge in [-0.2, -0.15) is 0 Å². The SMILES string of the molecule is CCCC(=O)OCC(O)CCCOc1ccc([N+](=O)[O-])cc1. The molecule has 22 heavy (non-hydrogen) atoms. The van der Waals surface area contributed by atoms with Crippen LogP contribution in [0, 0.1) is 10.1 Å². The third-order valence-corrected chi connectivity index (χ3v) is 2.89. The fourth-order valence-electron chi connectivity index (χ4n) is 1.72. The maximum absolute atomic E-state index is 11.1. The van der Waals surface area contributed by atoms with Gasteiger partial charge in [-0.3, -0.25) is 14.9 Å². The zero-order valence-corrected chi connectivity index (χ0v) is 12.6. The van der Waals surface area contributed by atoms with E-state index in [0.29, 0.717) is 31.6 Å². The average Bonchev–Trinajstić information content (AvgIpc) is 2.50. The summed E-state index contributed by atoms with van der Waals surface area (Å²) in [4.78, 5) is 21.2. The molecule has 1 rings (SSSR count). The molecule has 0 aliphatic rings. The van der Waals surface area contributed by atoms with Crippen molar-refractivity contribution >= 4 is 11.7 Å². The lowest BCUT2D eigenvalue weighted by Crippen LogP contribution is -2.19. The summed E-state index contributed by atoms with van der Waals surface area (Å²) < 4.78 is 10.3. The molecule has 0 spiro atoms. The van der Waals surface area contributed by atoms with Gasteiger partial charge in [0.1, 0.15) is 12.4 Å². The van der Waals surface area contributed by atoms with Crippen LogP contribution in [0.5, 0.6) is 5.75 Å². The maximum Gasteiger partial charge on any atom is 0.305 e. The minimum atomic E-state index is -0.707. The highest BCUT2D eigenvalue weighted by atomic mass is 16.6. The van der Waals surface area contributed by atoms with E-state index in [1.54, 1.807) is 0 Å². The first-order valence-corrected chi connectivity index (χ1v) is 7.24. The fourth-order valence-corrected chi connectivity index (χ4v) is 1.72. The summed E-state index contributed by atoms with van der Waals surface area (Å²) in [5.74, 6) is 0.234. The van der Waals surface area contributed by atoms with Crippen LogP contribution in [0.15, 0.2) is 24.3 Å². The van der Waals surface area contributed by atoms with E-state index in [9.17, 15) is 20.0 Å². The zero-order valence-electron chi connectivity index (χ0n) is 12.6. The van der Waals surface area contributed by atoms with Gasteiger partial charge in [-0.15, -0.1) is 0 Å². The molecule has 1 unspecified atom stereocenters. The fraction of sp³-hybridized carbons (Fsp3) is 0.533. The number of carbonyl (C=O) groups is 1. The van der Waals surface area contributed by atoms with E-state index in [1.807, 2.05) is 6.92 Å². The Kier molecular flexibility index (Phi) is 7.91. The second-order valence-corrected chi connectivity index (χ2v) is 4.83. The molecule has 1 aromatic rings. The smallest absolute Gasteiger partial charge is 0.305 e. The highest BCUT2D eigenvalue weighted by Gasteiger charge is 2.08. The Bertz CT molecular complexity index is 473. The van der Waals surface area contributed by atoms with Crippen molar-refractivity contribution in [2.45, 2.75) is 38.7 Å². The van der Waals surface area contributed by atoms with Crippen LogP contribution in [0.25, 0.3) is 0 Å². The van der Waals surface area contributed by atoms with Crippen LogP contribution in [0.1, 0.15) is 32.6 Å². The van der Waals surface area contributed by atoms with E-state index in [-0.39, 0.29) is 18.3 Å². The third-order valence-electron chi connectivity index (χ3n) is 2.89. The van der Waals surface area contributed by atoms with Crippen LogP contribution < -0.4 is 4.74 Å². The monoisotopic (exact) mass is 311 g/mol. The average molecular weight is 311 g/mol. The number of nitro groups is 1. The molecule has 0 saturated heterocycles. The molecule has 0 heterocycles. The first kappa shape index (κ1) is 17.9. The van der Waals surface area contributed by atoms with Crippen molar-refractivity contribution < 1.29 is 24.3 Å². The topological polar surface area (TPSA) is 98.9 Å². The van der Waals surface area contributed by atoms with Crippen molar-refractivity contribution in [2.24, 2.45) is 0 Å². The van der Waals surface area contributed by atoms with Crippen LogP contribution in [0.2, 0.25) is 0 Å². The van der Waals surface area contributed by atoms with Gasteiger partial charge in [0.25, 0.3) is 5.69 Å². The number of carbonyl (C=O) groups excluding carboxylic acids is 1. The van der Waals surface area contributed by atoms with Gasteiger partial charge in [-0.05, 0) is 31.4 Å². The van der Waals surface area contributed by atoms with Crippen molar-refractivity contribution in [3.63, 3.8) is 0 Å². The maximum atomic E-state index is 11.1. The predicted octanol–water partition coefficient (Wildman–Crippen LogP) is 2.46. The molecule has 0 saturated carbocycles. The van der Waals surface area contributed by atoms with Gasteiger partial charge in [0.15, 0.2) is 0 Å². The normalized spacial score (nSPS) is 11.7. The highest BCUT2D eigenvalue weighted by Crippen LogP contribution is 2.17. The third kappa shape index (κ3) is 7.03. The van der Waals surface area contributed by atoms with Crippen molar-refractivity contribution in [3.05, 3.63) is 34.4 Å². The van der Waals surface area contributed by atoms with Crippen LogP contribution in [0.3, 0.4) is 0 Å².